The first-order valence-electron chi connectivity index (χ1n) is 7.63. The van der Waals surface area contributed by atoms with E-state index in [1.165, 1.54) is 11.3 Å². The molecule has 3 aromatic heterocycles. The van der Waals surface area contributed by atoms with Gasteiger partial charge >= 0.3 is 0 Å². The number of carbonyl (C=O) groups is 1. The molecule has 24 heavy (non-hydrogen) atoms. The van der Waals surface area contributed by atoms with Crippen molar-refractivity contribution in [3.8, 4) is 0 Å². The summed E-state index contributed by atoms with van der Waals surface area (Å²) in [5.74, 6) is 0.271. The van der Waals surface area contributed by atoms with E-state index in [0.29, 0.717) is 22.4 Å². The molecule has 3 heterocycles. The fraction of sp³-hybridized carbons (Fsp3) is 0.375. The van der Waals surface area contributed by atoms with Crippen LogP contribution in [0.25, 0.3) is 5.65 Å². The SMILES string of the molecule is Cc1cc(Br)c2nc(C)c(C(=O)Nc3nnc(CC(C)C)s3)n2c1. The summed E-state index contributed by atoms with van der Waals surface area (Å²) in [5.41, 5.74) is 2.94. The second-order valence-corrected chi connectivity index (χ2v) is 8.07. The highest BCUT2D eigenvalue weighted by molar-refractivity contribution is 9.10. The van der Waals surface area contributed by atoms with Crippen LogP contribution >= 0.6 is 27.3 Å². The summed E-state index contributed by atoms with van der Waals surface area (Å²) in [4.78, 5) is 17.2. The second-order valence-electron chi connectivity index (χ2n) is 6.16. The zero-order chi connectivity index (χ0) is 17.4. The number of aryl methyl sites for hydroxylation is 2. The number of nitrogens with one attached hydrogen (secondary N) is 1. The van der Waals surface area contributed by atoms with Crippen molar-refractivity contribution in [2.45, 2.75) is 34.1 Å². The molecule has 0 atom stereocenters. The van der Waals surface area contributed by atoms with Crippen molar-refractivity contribution in [2.24, 2.45) is 5.92 Å². The summed E-state index contributed by atoms with van der Waals surface area (Å²) in [5, 5.41) is 12.5. The Kier molecular flexibility index (Phi) is 4.69. The van der Waals surface area contributed by atoms with Crippen molar-refractivity contribution in [2.75, 3.05) is 5.32 Å². The van der Waals surface area contributed by atoms with E-state index in [9.17, 15) is 4.79 Å². The van der Waals surface area contributed by atoms with Crippen molar-refractivity contribution < 1.29 is 4.79 Å². The van der Waals surface area contributed by atoms with Crippen LogP contribution in [0.2, 0.25) is 0 Å². The fourth-order valence-electron chi connectivity index (χ4n) is 2.51. The average Bonchev–Trinajstić information content (AvgIpc) is 3.02. The Hall–Kier alpha value is -1.80. The normalized spacial score (nSPS) is 11.4. The quantitative estimate of drug-likeness (QED) is 0.708. The number of amides is 1. The summed E-state index contributed by atoms with van der Waals surface area (Å²) in [6.45, 7) is 8.06. The highest BCUT2D eigenvalue weighted by atomic mass is 79.9. The molecule has 0 fully saturated rings. The third-order valence-corrected chi connectivity index (χ3v) is 4.92. The molecule has 0 saturated heterocycles. The number of fused-ring (bicyclic) bond motifs is 1. The van der Waals surface area contributed by atoms with Gasteiger partial charge in [0.1, 0.15) is 10.7 Å². The van der Waals surface area contributed by atoms with Crippen LogP contribution in [0.3, 0.4) is 0 Å². The molecule has 0 aliphatic carbocycles. The lowest BCUT2D eigenvalue weighted by atomic mass is 10.1. The molecule has 0 bridgehead atoms. The molecule has 3 aromatic rings. The minimum atomic E-state index is -0.232. The van der Waals surface area contributed by atoms with Crippen LogP contribution in [0.5, 0.6) is 0 Å². The molecule has 0 unspecified atom stereocenters. The summed E-state index contributed by atoms with van der Waals surface area (Å²) >= 11 is 4.91. The first-order valence-corrected chi connectivity index (χ1v) is 9.24. The maximum absolute atomic E-state index is 12.7. The Labute approximate surface area is 152 Å². The number of halogens is 1. The fourth-order valence-corrected chi connectivity index (χ4v) is 4.10. The predicted molar refractivity (Wildman–Crippen MR) is 98.8 cm³/mol. The summed E-state index contributed by atoms with van der Waals surface area (Å²) in [6, 6.07) is 1.98. The van der Waals surface area contributed by atoms with Gasteiger partial charge in [0.25, 0.3) is 5.91 Å². The van der Waals surface area contributed by atoms with Crippen LogP contribution < -0.4 is 5.32 Å². The number of nitrogens with zero attached hydrogens (tertiary/aromatic N) is 4. The van der Waals surface area contributed by atoms with E-state index in [0.717, 1.165) is 27.1 Å². The van der Waals surface area contributed by atoms with Gasteiger partial charge in [-0.05, 0) is 47.3 Å². The summed E-state index contributed by atoms with van der Waals surface area (Å²) < 4.78 is 2.67. The molecule has 0 aromatic carbocycles. The largest absolute Gasteiger partial charge is 0.295 e. The second kappa shape index (κ2) is 6.60. The number of rotatable bonds is 4. The number of hydrogen-bond acceptors (Lipinski definition) is 5. The third-order valence-electron chi connectivity index (χ3n) is 3.47. The van der Waals surface area contributed by atoms with Gasteiger partial charge in [-0.15, -0.1) is 10.2 Å². The molecular weight excluding hydrogens is 390 g/mol. The van der Waals surface area contributed by atoms with Crippen LogP contribution in [-0.2, 0) is 6.42 Å². The molecule has 0 radical (unpaired) electrons. The summed E-state index contributed by atoms with van der Waals surface area (Å²) in [7, 11) is 0. The average molecular weight is 408 g/mol. The molecule has 0 aliphatic rings. The molecule has 0 spiro atoms. The van der Waals surface area contributed by atoms with E-state index in [1.54, 1.807) is 4.40 Å². The Morgan fingerprint density at radius 1 is 1.38 bits per heavy atom. The van der Waals surface area contributed by atoms with Gasteiger partial charge in [-0.1, -0.05) is 25.2 Å². The lowest BCUT2D eigenvalue weighted by Crippen LogP contribution is -2.15. The van der Waals surface area contributed by atoms with Crippen LogP contribution in [0.15, 0.2) is 16.7 Å². The number of imidazole rings is 1. The minimum absolute atomic E-state index is 0.232. The van der Waals surface area contributed by atoms with Crippen LogP contribution in [-0.4, -0.2) is 25.5 Å². The maximum Gasteiger partial charge on any atom is 0.276 e. The number of anilines is 1. The van der Waals surface area contributed by atoms with Gasteiger partial charge in [-0.2, -0.15) is 0 Å². The smallest absolute Gasteiger partial charge is 0.276 e. The van der Waals surface area contributed by atoms with Crippen LogP contribution in [0.1, 0.15) is 40.6 Å². The lowest BCUT2D eigenvalue weighted by molar-refractivity contribution is 0.102. The van der Waals surface area contributed by atoms with E-state index in [1.807, 2.05) is 26.1 Å². The van der Waals surface area contributed by atoms with Crippen molar-refractivity contribution in [1.29, 1.82) is 0 Å². The number of aromatic nitrogens is 4. The first kappa shape index (κ1) is 17.0. The zero-order valence-electron chi connectivity index (χ0n) is 13.9. The Balaban J connectivity index is 1.91. The molecule has 1 N–H and O–H groups in total. The molecule has 126 valence electrons. The van der Waals surface area contributed by atoms with Gasteiger partial charge in [0.2, 0.25) is 5.13 Å². The maximum atomic E-state index is 12.7. The molecular formula is C16H18BrN5OS. The Morgan fingerprint density at radius 2 is 2.12 bits per heavy atom. The van der Waals surface area contributed by atoms with Gasteiger partial charge in [0, 0.05) is 12.6 Å². The highest BCUT2D eigenvalue weighted by Gasteiger charge is 2.20. The first-order chi connectivity index (χ1) is 11.3. The van der Waals surface area contributed by atoms with E-state index in [2.05, 4.69) is 50.3 Å². The van der Waals surface area contributed by atoms with Crippen molar-refractivity contribution in [3.05, 3.63) is 38.7 Å². The van der Waals surface area contributed by atoms with Crippen molar-refractivity contribution in [1.82, 2.24) is 19.6 Å². The molecule has 6 nitrogen and oxygen atoms in total. The molecule has 8 heteroatoms. The van der Waals surface area contributed by atoms with Crippen molar-refractivity contribution in [3.63, 3.8) is 0 Å². The van der Waals surface area contributed by atoms with E-state index < -0.39 is 0 Å². The van der Waals surface area contributed by atoms with Gasteiger partial charge in [0.15, 0.2) is 5.65 Å². The van der Waals surface area contributed by atoms with Gasteiger partial charge in [-0.25, -0.2) is 4.98 Å². The van der Waals surface area contributed by atoms with Gasteiger partial charge in [-0.3, -0.25) is 14.5 Å². The predicted octanol–water partition coefficient (Wildman–Crippen LogP) is 4.02. The monoisotopic (exact) mass is 407 g/mol. The van der Waals surface area contributed by atoms with E-state index in [4.69, 9.17) is 0 Å². The minimum Gasteiger partial charge on any atom is -0.295 e. The standard InChI is InChI=1S/C16H18BrN5OS/c1-8(2)5-12-20-21-16(24-12)19-15(23)13-10(4)18-14-11(17)6-9(3)7-22(13)14/h6-8H,5H2,1-4H3,(H,19,21,23). The van der Waals surface area contributed by atoms with Crippen molar-refractivity contribution >= 4 is 44.0 Å². The van der Waals surface area contributed by atoms with E-state index in [-0.39, 0.29) is 5.91 Å². The van der Waals surface area contributed by atoms with Crippen LogP contribution in [0, 0.1) is 19.8 Å². The highest BCUT2D eigenvalue weighted by Crippen LogP contribution is 2.24. The van der Waals surface area contributed by atoms with Gasteiger partial charge < -0.3 is 0 Å². The third kappa shape index (κ3) is 3.34. The Bertz CT molecular complexity index is 915. The topological polar surface area (TPSA) is 72.2 Å². The van der Waals surface area contributed by atoms with Crippen LogP contribution in [0.4, 0.5) is 5.13 Å². The number of carbonyl (C=O) groups excluding carboxylic acids is 1. The molecule has 3 rings (SSSR count). The molecule has 0 aliphatic heterocycles. The number of pyridine rings is 1. The zero-order valence-corrected chi connectivity index (χ0v) is 16.3. The van der Waals surface area contributed by atoms with E-state index >= 15 is 0 Å². The molecule has 0 saturated carbocycles. The molecule has 1 amide bonds. The Morgan fingerprint density at radius 3 is 2.83 bits per heavy atom. The van der Waals surface area contributed by atoms with Gasteiger partial charge in [0.05, 0.1) is 10.2 Å². The summed E-state index contributed by atoms with van der Waals surface area (Å²) in [6.07, 6.45) is 2.76. The lowest BCUT2D eigenvalue weighted by Gasteiger charge is -2.04. The number of hydrogen-bond donors (Lipinski definition) is 1.